The van der Waals surface area contributed by atoms with Crippen LogP contribution in [0.5, 0.6) is 0 Å². The number of rotatable bonds is 4. The Kier molecular flexibility index (Phi) is 4.28. The van der Waals surface area contributed by atoms with E-state index < -0.39 is 0 Å². The molecule has 0 saturated carbocycles. The Balaban J connectivity index is 2.20. The highest BCUT2D eigenvalue weighted by molar-refractivity contribution is 6.33. The molecule has 1 heterocycles. The molecule has 18 heavy (non-hydrogen) atoms. The summed E-state index contributed by atoms with van der Waals surface area (Å²) in [6, 6.07) is 6.49. The van der Waals surface area contributed by atoms with Crippen molar-refractivity contribution in [1.82, 2.24) is 15.3 Å². The van der Waals surface area contributed by atoms with Gasteiger partial charge in [0.2, 0.25) is 0 Å². The van der Waals surface area contributed by atoms with Gasteiger partial charge in [-0.3, -0.25) is 9.97 Å². The lowest BCUT2D eigenvalue weighted by atomic mass is 10.1. The lowest BCUT2D eigenvalue weighted by Gasteiger charge is -2.10. The fraction of sp³-hybridized carbons (Fsp3) is 0.286. The number of nitrogens with zero attached hydrogens (tertiary/aromatic N) is 2. The molecule has 3 nitrogen and oxygen atoms in total. The Bertz CT molecular complexity index is 512. The van der Waals surface area contributed by atoms with E-state index in [4.69, 9.17) is 11.6 Å². The number of aromatic nitrogens is 2. The van der Waals surface area contributed by atoms with Crippen LogP contribution in [0, 0.1) is 0 Å². The highest BCUT2D eigenvalue weighted by atomic mass is 35.5. The van der Waals surface area contributed by atoms with Gasteiger partial charge in [-0.25, -0.2) is 0 Å². The molecule has 0 aliphatic heterocycles. The minimum Gasteiger partial charge on any atom is -0.310 e. The highest BCUT2D eigenvalue weighted by Gasteiger charge is 2.06. The first kappa shape index (κ1) is 13.0. The predicted octanol–water partition coefficient (Wildman–Crippen LogP) is 3.30. The van der Waals surface area contributed by atoms with Crippen molar-refractivity contribution in [2.24, 2.45) is 0 Å². The van der Waals surface area contributed by atoms with E-state index in [1.54, 1.807) is 18.6 Å². The molecule has 1 aromatic carbocycles. The van der Waals surface area contributed by atoms with Gasteiger partial charge in [-0.05, 0) is 11.6 Å². The van der Waals surface area contributed by atoms with E-state index in [0.717, 1.165) is 17.8 Å². The van der Waals surface area contributed by atoms with Gasteiger partial charge >= 0.3 is 0 Å². The molecule has 0 bridgehead atoms. The molecule has 0 saturated heterocycles. The SMILES string of the molecule is CC(C)NCc1ccc(-c2cnccn2)c(Cl)c1. The second-order valence-electron chi connectivity index (χ2n) is 4.44. The van der Waals surface area contributed by atoms with Gasteiger partial charge in [-0.2, -0.15) is 0 Å². The molecule has 0 atom stereocenters. The maximum absolute atomic E-state index is 6.28. The predicted molar refractivity (Wildman–Crippen MR) is 74.5 cm³/mol. The average molecular weight is 262 g/mol. The van der Waals surface area contributed by atoms with E-state index in [-0.39, 0.29) is 0 Å². The summed E-state index contributed by atoms with van der Waals surface area (Å²) >= 11 is 6.28. The summed E-state index contributed by atoms with van der Waals surface area (Å²) in [5.41, 5.74) is 2.88. The van der Waals surface area contributed by atoms with E-state index in [1.165, 1.54) is 5.56 Å². The standard InChI is InChI=1S/C14H16ClN3/c1-10(2)18-8-11-3-4-12(13(15)7-11)14-9-16-5-6-17-14/h3-7,9-10,18H,8H2,1-2H3. The normalized spacial score (nSPS) is 10.9. The fourth-order valence-electron chi connectivity index (χ4n) is 1.64. The van der Waals surface area contributed by atoms with Crippen molar-refractivity contribution in [2.75, 3.05) is 0 Å². The molecule has 4 heteroatoms. The van der Waals surface area contributed by atoms with Crippen LogP contribution in [0.2, 0.25) is 5.02 Å². The first-order valence-electron chi connectivity index (χ1n) is 5.95. The molecule has 0 amide bonds. The zero-order valence-corrected chi connectivity index (χ0v) is 11.3. The summed E-state index contributed by atoms with van der Waals surface area (Å²) in [7, 11) is 0. The van der Waals surface area contributed by atoms with Gasteiger partial charge in [-0.15, -0.1) is 0 Å². The summed E-state index contributed by atoms with van der Waals surface area (Å²) < 4.78 is 0. The molecule has 1 N–H and O–H groups in total. The van der Waals surface area contributed by atoms with Crippen LogP contribution in [-0.4, -0.2) is 16.0 Å². The monoisotopic (exact) mass is 261 g/mol. The molecule has 2 rings (SSSR count). The van der Waals surface area contributed by atoms with Crippen LogP contribution < -0.4 is 5.32 Å². The van der Waals surface area contributed by atoms with Crippen LogP contribution in [0.1, 0.15) is 19.4 Å². The van der Waals surface area contributed by atoms with Gasteiger partial charge < -0.3 is 5.32 Å². The average Bonchev–Trinajstić information content (AvgIpc) is 2.37. The van der Waals surface area contributed by atoms with Gasteiger partial charge in [-0.1, -0.05) is 37.6 Å². The van der Waals surface area contributed by atoms with Crippen LogP contribution in [0.4, 0.5) is 0 Å². The van der Waals surface area contributed by atoms with E-state index in [2.05, 4.69) is 35.2 Å². The van der Waals surface area contributed by atoms with Crippen LogP contribution in [0.25, 0.3) is 11.3 Å². The molecule has 94 valence electrons. The summed E-state index contributed by atoms with van der Waals surface area (Å²) in [6.07, 6.45) is 5.03. The van der Waals surface area contributed by atoms with Gasteiger partial charge in [0.05, 0.1) is 16.9 Å². The number of halogens is 1. The Morgan fingerprint density at radius 2 is 2.11 bits per heavy atom. The second kappa shape index (κ2) is 5.94. The first-order valence-corrected chi connectivity index (χ1v) is 6.33. The van der Waals surface area contributed by atoms with Gasteiger partial charge in [0.25, 0.3) is 0 Å². The van der Waals surface area contributed by atoms with Crippen LogP contribution in [-0.2, 0) is 6.54 Å². The Hall–Kier alpha value is -1.45. The smallest absolute Gasteiger partial charge is 0.0900 e. The quantitative estimate of drug-likeness (QED) is 0.918. The van der Waals surface area contributed by atoms with Crippen molar-refractivity contribution >= 4 is 11.6 Å². The molecule has 1 aromatic heterocycles. The minimum absolute atomic E-state index is 0.462. The van der Waals surface area contributed by atoms with Crippen LogP contribution >= 0.6 is 11.6 Å². The van der Waals surface area contributed by atoms with Crippen LogP contribution in [0.15, 0.2) is 36.8 Å². The topological polar surface area (TPSA) is 37.8 Å². The molecule has 0 aliphatic rings. The van der Waals surface area contributed by atoms with Crippen molar-refractivity contribution in [3.8, 4) is 11.3 Å². The third-order valence-corrected chi connectivity index (χ3v) is 2.90. The molecular weight excluding hydrogens is 246 g/mol. The van der Waals surface area contributed by atoms with E-state index in [0.29, 0.717) is 11.1 Å². The van der Waals surface area contributed by atoms with E-state index in [1.807, 2.05) is 12.1 Å². The van der Waals surface area contributed by atoms with E-state index >= 15 is 0 Å². The van der Waals surface area contributed by atoms with Gasteiger partial charge in [0, 0.05) is 30.5 Å². The van der Waals surface area contributed by atoms with Crippen molar-refractivity contribution in [2.45, 2.75) is 26.4 Å². The minimum atomic E-state index is 0.462. The molecule has 0 radical (unpaired) electrons. The third-order valence-electron chi connectivity index (χ3n) is 2.59. The van der Waals surface area contributed by atoms with Crippen molar-refractivity contribution < 1.29 is 0 Å². The summed E-state index contributed by atoms with van der Waals surface area (Å²) in [5.74, 6) is 0. The summed E-state index contributed by atoms with van der Waals surface area (Å²) in [5, 5.41) is 4.07. The second-order valence-corrected chi connectivity index (χ2v) is 4.85. The van der Waals surface area contributed by atoms with Gasteiger partial charge in [0.1, 0.15) is 0 Å². The highest BCUT2D eigenvalue weighted by Crippen LogP contribution is 2.26. The molecule has 2 aromatic rings. The summed E-state index contributed by atoms with van der Waals surface area (Å²) in [4.78, 5) is 8.30. The number of hydrogen-bond donors (Lipinski definition) is 1. The zero-order valence-electron chi connectivity index (χ0n) is 10.5. The largest absolute Gasteiger partial charge is 0.310 e. The maximum atomic E-state index is 6.28. The maximum Gasteiger partial charge on any atom is 0.0900 e. The molecular formula is C14H16ClN3. The Morgan fingerprint density at radius 1 is 1.28 bits per heavy atom. The number of nitrogens with one attached hydrogen (secondary N) is 1. The molecule has 0 fully saturated rings. The van der Waals surface area contributed by atoms with Crippen molar-refractivity contribution in [1.29, 1.82) is 0 Å². The lowest BCUT2D eigenvalue weighted by Crippen LogP contribution is -2.21. The van der Waals surface area contributed by atoms with Gasteiger partial charge in [0.15, 0.2) is 0 Å². The number of benzene rings is 1. The molecule has 0 aliphatic carbocycles. The van der Waals surface area contributed by atoms with Crippen molar-refractivity contribution in [3.63, 3.8) is 0 Å². The Morgan fingerprint density at radius 3 is 2.72 bits per heavy atom. The number of hydrogen-bond acceptors (Lipinski definition) is 3. The lowest BCUT2D eigenvalue weighted by molar-refractivity contribution is 0.589. The first-order chi connectivity index (χ1) is 8.66. The Labute approximate surface area is 112 Å². The zero-order chi connectivity index (χ0) is 13.0. The summed E-state index contributed by atoms with van der Waals surface area (Å²) in [6.45, 7) is 5.06. The van der Waals surface area contributed by atoms with E-state index in [9.17, 15) is 0 Å². The fourth-order valence-corrected chi connectivity index (χ4v) is 1.94. The molecule has 0 spiro atoms. The molecule has 0 unspecified atom stereocenters. The third kappa shape index (κ3) is 3.28. The van der Waals surface area contributed by atoms with Crippen molar-refractivity contribution in [3.05, 3.63) is 47.4 Å². The van der Waals surface area contributed by atoms with Crippen LogP contribution in [0.3, 0.4) is 0 Å².